The monoisotopic (exact) mass is 480 g/mol. The number of aromatic nitrogens is 1. The third-order valence-corrected chi connectivity index (χ3v) is 7.15. The van der Waals surface area contributed by atoms with Gasteiger partial charge in [0.05, 0.1) is 15.8 Å². The molecule has 4 aromatic carbocycles. The fourth-order valence-electron chi connectivity index (χ4n) is 4.02. The second-order valence-electron chi connectivity index (χ2n) is 8.53. The predicted molar refractivity (Wildman–Crippen MR) is 142 cm³/mol. The molecule has 0 aliphatic heterocycles. The number of carbonyl (C=O) groups is 2. The van der Waals surface area contributed by atoms with Crippen molar-refractivity contribution in [1.29, 1.82) is 0 Å². The van der Waals surface area contributed by atoms with E-state index in [4.69, 9.17) is 9.72 Å². The Morgan fingerprint density at radius 2 is 1.69 bits per heavy atom. The molecule has 1 amide bonds. The lowest BCUT2D eigenvalue weighted by molar-refractivity contribution is -0.123. The number of rotatable bonds is 5. The maximum absolute atomic E-state index is 13.3. The standard InChI is InChI=1S/C29H24N2O3S/c1-17-14-15-21(16-18(17)2)30-27(32)19(3)34-29(33)23-11-7-9-20-8-6-10-22(26(20)23)28-31-24-12-4-5-13-25(24)35-28/h4-16,19H,1-3H3,(H,30,32). The molecular weight excluding hydrogens is 456 g/mol. The van der Waals surface area contributed by atoms with Gasteiger partial charge in [-0.3, -0.25) is 4.79 Å². The fourth-order valence-corrected chi connectivity index (χ4v) is 5.01. The first-order valence-corrected chi connectivity index (χ1v) is 12.2. The molecule has 0 saturated carbocycles. The molecule has 1 atom stereocenters. The SMILES string of the molecule is Cc1ccc(NC(=O)C(C)OC(=O)c2cccc3cccc(-c4nc5ccccc5s4)c23)cc1C. The average Bonchev–Trinajstić information content (AvgIpc) is 3.29. The molecule has 5 aromatic rings. The van der Waals surface area contributed by atoms with Crippen LogP contribution in [0.5, 0.6) is 0 Å². The van der Waals surface area contributed by atoms with Gasteiger partial charge in [-0.25, -0.2) is 9.78 Å². The smallest absolute Gasteiger partial charge is 0.339 e. The molecule has 1 N–H and O–H groups in total. The van der Waals surface area contributed by atoms with E-state index in [-0.39, 0.29) is 5.91 Å². The Hall–Kier alpha value is -4.03. The molecule has 0 saturated heterocycles. The number of ether oxygens (including phenoxy) is 1. The number of thiazole rings is 1. The summed E-state index contributed by atoms with van der Waals surface area (Å²) in [6, 6.07) is 25.0. The van der Waals surface area contributed by atoms with Crippen LogP contribution in [-0.2, 0) is 9.53 Å². The number of nitrogens with one attached hydrogen (secondary N) is 1. The Balaban J connectivity index is 1.44. The Labute approximate surface area is 207 Å². The van der Waals surface area contributed by atoms with Crippen LogP contribution >= 0.6 is 11.3 Å². The number of anilines is 1. The van der Waals surface area contributed by atoms with Gasteiger partial charge >= 0.3 is 5.97 Å². The van der Waals surface area contributed by atoms with Crippen LogP contribution in [0.3, 0.4) is 0 Å². The van der Waals surface area contributed by atoms with E-state index in [2.05, 4.69) is 5.32 Å². The maximum atomic E-state index is 13.3. The third kappa shape index (κ3) is 4.53. The van der Waals surface area contributed by atoms with Crippen LogP contribution in [0.25, 0.3) is 31.6 Å². The van der Waals surface area contributed by atoms with Crippen molar-refractivity contribution in [2.75, 3.05) is 5.32 Å². The number of carbonyl (C=O) groups excluding carboxylic acids is 2. The molecule has 0 aliphatic carbocycles. The topological polar surface area (TPSA) is 68.3 Å². The molecule has 5 rings (SSSR count). The van der Waals surface area contributed by atoms with E-state index < -0.39 is 12.1 Å². The van der Waals surface area contributed by atoms with Gasteiger partial charge in [0.25, 0.3) is 5.91 Å². The van der Waals surface area contributed by atoms with Crippen LogP contribution in [0.15, 0.2) is 78.9 Å². The molecule has 0 radical (unpaired) electrons. The molecule has 174 valence electrons. The summed E-state index contributed by atoms with van der Waals surface area (Å²) in [5, 5.41) is 5.33. The van der Waals surface area contributed by atoms with Gasteiger partial charge in [0, 0.05) is 16.6 Å². The molecule has 6 heteroatoms. The summed E-state index contributed by atoms with van der Waals surface area (Å²) >= 11 is 1.58. The highest BCUT2D eigenvalue weighted by Crippen LogP contribution is 2.36. The van der Waals surface area contributed by atoms with Gasteiger partial charge in [-0.1, -0.05) is 48.5 Å². The molecule has 0 fully saturated rings. The summed E-state index contributed by atoms with van der Waals surface area (Å²) in [5.41, 5.74) is 5.07. The first kappa shape index (κ1) is 22.7. The van der Waals surface area contributed by atoms with Crippen molar-refractivity contribution in [3.05, 3.63) is 95.6 Å². The second-order valence-corrected chi connectivity index (χ2v) is 9.56. The largest absolute Gasteiger partial charge is 0.449 e. The first-order valence-electron chi connectivity index (χ1n) is 11.4. The Morgan fingerprint density at radius 1 is 0.914 bits per heavy atom. The fraction of sp³-hybridized carbons (Fsp3) is 0.138. The minimum atomic E-state index is -0.964. The van der Waals surface area contributed by atoms with Gasteiger partial charge < -0.3 is 10.1 Å². The van der Waals surface area contributed by atoms with Crippen LogP contribution < -0.4 is 5.32 Å². The Kier molecular flexibility index (Phi) is 6.05. The summed E-state index contributed by atoms with van der Waals surface area (Å²) in [4.78, 5) is 30.8. The molecule has 1 heterocycles. The van der Waals surface area contributed by atoms with Gasteiger partial charge in [0.1, 0.15) is 5.01 Å². The van der Waals surface area contributed by atoms with Gasteiger partial charge in [-0.15, -0.1) is 11.3 Å². The minimum absolute atomic E-state index is 0.381. The molecule has 0 bridgehead atoms. The Morgan fingerprint density at radius 3 is 2.46 bits per heavy atom. The predicted octanol–water partition coefficient (Wildman–Crippen LogP) is 6.92. The molecule has 5 nitrogen and oxygen atoms in total. The zero-order chi connectivity index (χ0) is 24.5. The lowest BCUT2D eigenvalue weighted by Gasteiger charge is -2.16. The molecule has 0 aliphatic rings. The van der Waals surface area contributed by atoms with Crippen molar-refractivity contribution in [3.63, 3.8) is 0 Å². The van der Waals surface area contributed by atoms with E-state index in [1.54, 1.807) is 24.3 Å². The average molecular weight is 481 g/mol. The highest BCUT2D eigenvalue weighted by molar-refractivity contribution is 7.21. The van der Waals surface area contributed by atoms with Gasteiger partial charge in [0.15, 0.2) is 6.10 Å². The van der Waals surface area contributed by atoms with Crippen LogP contribution in [0.2, 0.25) is 0 Å². The summed E-state index contributed by atoms with van der Waals surface area (Å²) in [5.74, 6) is -0.930. The number of nitrogens with zero attached hydrogens (tertiary/aromatic N) is 1. The highest BCUT2D eigenvalue weighted by atomic mass is 32.1. The zero-order valence-electron chi connectivity index (χ0n) is 19.7. The van der Waals surface area contributed by atoms with E-state index in [0.29, 0.717) is 11.3 Å². The van der Waals surface area contributed by atoms with Crippen molar-refractivity contribution >= 4 is 49.9 Å². The maximum Gasteiger partial charge on any atom is 0.339 e. The minimum Gasteiger partial charge on any atom is -0.449 e. The molecule has 1 aromatic heterocycles. The number of hydrogen-bond acceptors (Lipinski definition) is 5. The van der Waals surface area contributed by atoms with Crippen molar-refractivity contribution < 1.29 is 14.3 Å². The van der Waals surface area contributed by atoms with E-state index in [9.17, 15) is 9.59 Å². The number of esters is 1. The number of aryl methyl sites for hydroxylation is 2. The summed E-state index contributed by atoms with van der Waals surface area (Å²) in [7, 11) is 0. The second kappa shape index (κ2) is 9.31. The van der Waals surface area contributed by atoms with Crippen LogP contribution in [0.1, 0.15) is 28.4 Å². The van der Waals surface area contributed by atoms with Crippen molar-refractivity contribution in [3.8, 4) is 10.6 Å². The van der Waals surface area contributed by atoms with E-state index >= 15 is 0 Å². The summed E-state index contributed by atoms with van der Waals surface area (Å²) in [6.45, 7) is 5.57. The molecular formula is C29H24N2O3S. The lowest BCUT2D eigenvalue weighted by Crippen LogP contribution is -2.30. The molecule has 1 unspecified atom stereocenters. The summed E-state index contributed by atoms with van der Waals surface area (Å²) < 4.78 is 6.69. The van der Waals surface area contributed by atoms with E-state index in [1.807, 2.05) is 86.6 Å². The van der Waals surface area contributed by atoms with Gasteiger partial charge in [0.2, 0.25) is 0 Å². The quantitative estimate of drug-likeness (QED) is 0.277. The molecule has 35 heavy (non-hydrogen) atoms. The van der Waals surface area contributed by atoms with E-state index in [0.717, 1.165) is 42.7 Å². The number of benzene rings is 4. The first-order chi connectivity index (χ1) is 16.9. The zero-order valence-corrected chi connectivity index (χ0v) is 20.5. The van der Waals surface area contributed by atoms with Gasteiger partial charge in [-0.2, -0.15) is 0 Å². The van der Waals surface area contributed by atoms with Gasteiger partial charge in [-0.05, 0) is 67.6 Å². The van der Waals surface area contributed by atoms with Crippen LogP contribution in [-0.4, -0.2) is 23.0 Å². The Bertz CT molecular complexity index is 1550. The number of fused-ring (bicyclic) bond motifs is 2. The lowest BCUT2D eigenvalue weighted by atomic mass is 9.99. The van der Waals surface area contributed by atoms with Crippen LogP contribution in [0.4, 0.5) is 5.69 Å². The normalized spacial score (nSPS) is 12.0. The number of para-hydroxylation sites is 1. The van der Waals surface area contributed by atoms with Crippen LogP contribution in [0, 0.1) is 13.8 Å². The third-order valence-electron chi connectivity index (χ3n) is 6.08. The van der Waals surface area contributed by atoms with Crippen molar-refractivity contribution in [2.45, 2.75) is 26.9 Å². The van der Waals surface area contributed by atoms with Crippen molar-refractivity contribution in [1.82, 2.24) is 4.98 Å². The number of amides is 1. The summed E-state index contributed by atoms with van der Waals surface area (Å²) in [6.07, 6.45) is -0.964. The number of hydrogen-bond donors (Lipinski definition) is 1. The van der Waals surface area contributed by atoms with Crippen molar-refractivity contribution in [2.24, 2.45) is 0 Å². The molecule has 0 spiro atoms. The van der Waals surface area contributed by atoms with E-state index in [1.165, 1.54) is 0 Å². The highest BCUT2D eigenvalue weighted by Gasteiger charge is 2.22.